The molecular formula is C28H39NO5. The number of carbonyl (C=O) groups is 2. The van der Waals surface area contributed by atoms with E-state index in [4.69, 9.17) is 0 Å². The highest BCUT2D eigenvalue weighted by Crippen LogP contribution is 2.46. The number of phenolic OH excluding ortho intramolecular Hbond substituents is 1. The molecule has 1 saturated heterocycles. The third-order valence-electron chi connectivity index (χ3n) is 7.50. The van der Waals surface area contributed by atoms with Crippen molar-refractivity contribution in [1.82, 2.24) is 4.90 Å². The Morgan fingerprint density at radius 2 is 1.79 bits per heavy atom. The van der Waals surface area contributed by atoms with Crippen LogP contribution in [0.25, 0.3) is 6.08 Å². The van der Waals surface area contributed by atoms with E-state index in [9.17, 15) is 24.9 Å². The van der Waals surface area contributed by atoms with Crippen LogP contribution in [0.1, 0.15) is 69.6 Å². The van der Waals surface area contributed by atoms with Crippen molar-refractivity contribution in [1.29, 1.82) is 0 Å². The van der Waals surface area contributed by atoms with Crippen LogP contribution in [0.5, 0.6) is 5.75 Å². The van der Waals surface area contributed by atoms with Gasteiger partial charge in [0.25, 0.3) is 0 Å². The summed E-state index contributed by atoms with van der Waals surface area (Å²) in [6.45, 7) is 9.84. The van der Waals surface area contributed by atoms with Crippen molar-refractivity contribution in [2.75, 3.05) is 13.2 Å². The lowest BCUT2D eigenvalue weighted by Crippen LogP contribution is -2.38. The second-order valence-corrected chi connectivity index (χ2v) is 9.90. The molecule has 0 radical (unpaired) electrons. The second kappa shape index (κ2) is 10.9. The average Bonchev–Trinajstić information content (AvgIpc) is 3.03. The first kappa shape index (κ1) is 26.2. The fourth-order valence-electron chi connectivity index (χ4n) is 5.76. The predicted octanol–water partition coefficient (Wildman–Crippen LogP) is 4.28. The molecule has 186 valence electrons. The number of fused-ring (bicyclic) bond motifs is 1. The van der Waals surface area contributed by atoms with Gasteiger partial charge in [-0.2, -0.15) is 0 Å². The van der Waals surface area contributed by atoms with Crippen molar-refractivity contribution < 1.29 is 24.9 Å². The van der Waals surface area contributed by atoms with E-state index in [1.165, 1.54) is 10.5 Å². The Hall–Kier alpha value is -2.44. The molecule has 0 unspecified atom stereocenters. The molecule has 6 nitrogen and oxygen atoms in total. The van der Waals surface area contributed by atoms with Gasteiger partial charge in [0.1, 0.15) is 5.75 Å². The normalized spacial score (nSPS) is 24.1. The highest BCUT2D eigenvalue weighted by Gasteiger charge is 2.54. The fraction of sp³-hybridized carbons (Fsp3) is 0.571. The fourth-order valence-corrected chi connectivity index (χ4v) is 5.76. The number of hydrogen-bond acceptors (Lipinski definition) is 5. The second-order valence-electron chi connectivity index (χ2n) is 9.90. The van der Waals surface area contributed by atoms with E-state index in [-0.39, 0.29) is 18.4 Å². The summed E-state index contributed by atoms with van der Waals surface area (Å²) in [5.41, 5.74) is 5.51. The number of aliphatic hydroxyl groups excluding tert-OH is 2. The number of imide groups is 1. The maximum atomic E-state index is 13.0. The van der Waals surface area contributed by atoms with E-state index < -0.39 is 23.9 Å². The zero-order valence-corrected chi connectivity index (χ0v) is 21.1. The first-order valence-corrected chi connectivity index (χ1v) is 12.5. The number of phenols is 1. The Bertz CT molecular complexity index is 985. The van der Waals surface area contributed by atoms with Gasteiger partial charge >= 0.3 is 0 Å². The van der Waals surface area contributed by atoms with Crippen molar-refractivity contribution in [3.8, 4) is 5.75 Å². The number of allylic oxidation sites excluding steroid dienone is 2. The van der Waals surface area contributed by atoms with Gasteiger partial charge in [0.2, 0.25) is 11.8 Å². The SMILES string of the molecule is CCCN1C(=O)[C@@H]2[C@@H](CC(C)=C([C@H](O)CC/C(=C/c3cc(C)c(O)c(C)c3)CC)[C@@H]2CO)C1=O. The van der Waals surface area contributed by atoms with E-state index in [2.05, 4.69) is 13.0 Å². The highest BCUT2D eigenvalue weighted by molar-refractivity contribution is 6.05. The maximum Gasteiger partial charge on any atom is 0.233 e. The number of hydrogen-bond donors (Lipinski definition) is 3. The van der Waals surface area contributed by atoms with Crippen LogP contribution in [0, 0.1) is 31.6 Å². The van der Waals surface area contributed by atoms with Crippen LogP contribution in [0.15, 0.2) is 28.9 Å². The zero-order valence-electron chi connectivity index (χ0n) is 21.1. The molecule has 1 heterocycles. The first-order valence-electron chi connectivity index (χ1n) is 12.5. The maximum absolute atomic E-state index is 13.0. The molecular weight excluding hydrogens is 430 g/mol. The minimum atomic E-state index is -0.778. The van der Waals surface area contributed by atoms with Crippen molar-refractivity contribution in [2.24, 2.45) is 17.8 Å². The number of likely N-dealkylation sites (tertiary alicyclic amines) is 1. The molecule has 1 aromatic carbocycles. The van der Waals surface area contributed by atoms with Crippen LogP contribution in [0.2, 0.25) is 0 Å². The van der Waals surface area contributed by atoms with Gasteiger partial charge in [-0.3, -0.25) is 14.5 Å². The van der Waals surface area contributed by atoms with Gasteiger partial charge in [-0.1, -0.05) is 31.1 Å². The van der Waals surface area contributed by atoms with Gasteiger partial charge in [-0.05, 0) is 87.3 Å². The zero-order chi connectivity index (χ0) is 25.2. The summed E-state index contributed by atoms with van der Waals surface area (Å²) in [6.07, 6.45) is 4.48. The number of benzene rings is 1. The lowest BCUT2D eigenvalue weighted by molar-refractivity contribution is -0.140. The Kier molecular flexibility index (Phi) is 8.37. The van der Waals surface area contributed by atoms with Crippen LogP contribution >= 0.6 is 0 Å². The largest absolute Gasteiger partial charge is 0.507 e. The third kappa shape index (κ3) is 4.98. The minimum Gasteiger partial charge on any atom is -0.507 e. The lowest BCUT2D eigenvalue weighted by Gasteiger charge is -2.35. The van der Waals surface area contributed by atoms with Gasteiger partial charge in [-0.25, -0.2) is 0 Å². The molecule has 2 amide bonds. The Morgan fingerprint density at radius 3 is 2.35 bits per heavy atom. The van der Waals surface area contributed by atoms with Crippen molar-refractivity contribution in [2.45, 2.75) is 72.8 Å². The molecule has 0 saturated carbocycles. The number of nitrogens with zero attached hydrogens (tertiary/aromatic N) is 1. The Morgan fingerprint density at radius 1 is 1.15 bits per heavy atom. The average molecular weight is 470 g/mol. The molecule has 4 atom stereocenters. The van der Waals surface area contributed by atoms with E-state index >= 15 is 0 Å². The Balaban J connectivity index is 1.79. The van der Waals surface area contributed by atoms with Crippen molar-refractivity contribution in [3.63, 3.8) is 0 Å². The van der Waals surface area contributed by atoms with E-state index in [0.29, 0.717) is 38.0 Å². The molecule has 0 aromatic heterocycles. The number of amides is 2. The topological polar surface area (TPSA) is 98.1 Å². The number of aryl methyl sites for hydroxylation is 2. The van der Waals surface area contributed by atoms with Crippen LogP contribution in [0.3, 0.4) is 0 Å². The van der Waals surface area contributed by atoms with Crippen LogP contribution in [0.4, 0.5) is 0 Å². The molecule has 1 aliphatic carbocycles. The van der Waals surface area contributed by atoms with Crippen LogP contribution < -0.4 is 0 Å². The highest BCUT2D eigenvalue weighted by atomic mass is 16.3. The quantitative estimate of drug-likeness (QED) is 0.370. The smallest absolute Gasteiger partial charge is 0.233 e. The number of aliphatic hydroxyl groups is 2. The monoisotopic (exact) mass is 469 g/mol. The van der Waals surface area contributed by atoms with Gasteiger partial charge in [0, 0.05) is 12.5 Å². The lowest BCUT2D eigenvalue weighted by atomic mass is 9.68. The van der Waals surface area contributed by atoms with Crippen LogP contribution in [-0.4, -0.2) is 51.3 Å². The van der Waals surface area contributed by atoms with Gasteiger partial charge < -0.3 is 15.3 Å². The first-order chi connectivity index (χ1) is 16.1. The third-order valence-corrected chi connectivity index (χ3v) is 7.50. The molecule has 0 bridgehead atoms. The molecule has 1 fully saturated rings. The molecule has 2 aliphatic rings. The molecule has 1 aromatic rings. The molecule has 3 rings (SSSR count). The summed E-state index contributed by atoms with van der Waals surface area (Å²) < 4.78 is 0. The number of rotatable bonds is 9. The Labute approximate surface area is 203 Å². The number of aromatic hydroxyl groups is 1. The summed E-state index contributed by atoms with van der Waals surface area (Å²) in [6, 6.07) is 3.91. The van der Waals surface area contributed by atoms with Crippen molar-refractivity contribution >= 4 is 17.9 Å². The molecule has 6 heteroatoms. The van der Waals surface area contributed by atoms with Crippen LogP contribution in [-0.2, 0) is 9.59 Å². The predicted molar refractivity (Wildman–Crippen MR) is 133 cm³/mol. The summed E-state index contributed by atoms with van der Waals surface area (Å²) in [4.78, 5) is 27.2. The summed E-state index contributed by atoms with van der Waals surface area (Å²) in [7, 11) is 0. The van der Waals surface area contributed by atoms with E-state index in [0.717, 1.165) is 34.3 Å². The molecule has 34 heavy (non-hydrogen) atoms. The summed E-state index contributed by atoms with van der Waals surface area (Å²) in [5.74, 6) is -1.57. The van der Waals surface area contributed by atoms with Gasteiger partial charge in [-0.15, -0.1) is 0 Å². The number of carbonyl (C=O) groups excluding carboxylic acids is 2. The molecule has 1 aliphatic heterocycles. The van der Waals surface area contributed by atoms with E-state index in [1.54, 1.807) is 0 Å². The summed E-state index contributed by atoms with van der Waals surface area (Å²) in [5, 5.41) is 31.4. The summed E-state index contributed by atoms with van der Waals surface area (Å²) >= 11 is 0. The van der Waals surface area contributed by atoms with Gasteiger partial charge in [0.15, 0.2) is 0 Å². The van der Waals surface area contributed by atoms with Crippen molar-refractivity contribution in [3.05, 3.63) is 45.5 Å². The van der Waals surface area contributed by atoms with E-state index in [1.807, 2.05) is 39.8 Å². The minimum absolute atomic E-state index is 0.140. The molecule has 0 spiro atoms. The van der Waals surface area contributed by atoms with Gasteiger partial charge in [0.05, 0.1) is 24.5 Å². The molecule has 3 N–H and O–H groups in total. The standard InChI is InChI=1S/C28H39NO5/c1-6-10-29-27(33)21-13-16(3)24(22(15-30)25(21)28(29)34)23(31)9-8-19(7-2)14-20-11-17(4)26(32)18(5)12-20/h11-12,14,21-23,25,30-32H,6-10,13,15H2,1-5H3/b19-14+/t21-,22+,23-,25-/m1/s1.